The summed E-state index contributed by atoms with van der Waals surface area (Å²) in [6, 6.07) is 4.87. The van der Waals surface area contributed by atoms with Gasteiger partial charge in [-0.2, -0.15) is 0 Å². The number of fused-ring (bicyclic) bond motifs is 1. The molecule has 0 aromatic heterocycles. The highest BCUT2D eigenvalue weighted by Gasteiger charge is 2.23. The quantitative estimate of drug-likeness (QED) is 0.838. The van der Waals surface area contributed by atoms with Crippen LogP contribution in [0.15, 0.2) is 23.1 Å². The van der Waals surface area contributed by atoms with Crippen LogP contribution in [0.1, 0.15) is 37.7 Å². The molecule has 1 fully saturated rings. The van der Waals surface area contributed by atoms with Crippen LogP contribution in [0.2, 0.25) is 0 Å². The third-order valence-electron chi connectivity index (χ3n) is 5.02. The number of carbonyl (C=O) groups excluding carboxylic acids is 1. The molecule has 1 aliphatic heterocycles. The summed E-state index contributed by atoms with van der Waals surface area (Å²) in [4.78, 5) is 14.3. The number of carbonyl (C=O) groups is 1. The van der Waals surface area contributed by atoms with Crippen LogP contribution in [0.4, 0.5) is 5.69 Å². The van der Waals surface area contributed by atoms with Gasteiger partial charge in [0.25, 0.3) is 0 Å². The summed E-state index contributed by atoms with van der Waals surface area (Å²) in [5.41, 5.74) is 1.86. The number of amides is 1. The number of nitrogens with one attached hydrogen (secondary N) is 1. The highest BCUT2D eigenvalue weighted by Crippen LogP contribution is 2.29. The smallest absolute Gasteiger partial charge is 0.239 e. The van der Waals surface area contributed by atoms with Crippen molar-refractivity contribution in [2.24, 2.45) is 11.1 Å². The predicted octanol–water partition coefficient (Wildman–Crippen LogP) is 1.39. The molecule has 0 radical (unpaired) electrons. The van der Waals surface area contributed by atoms with Gasteiger partial charge >= 0.3 is 0 Å². The Labute approximate surface area is 143 Å². The zero-order chi connectivity index (χ0) is 17.2. The predicted molar refractivity (Wildman–Crippen MR) is 93.3 cm³/mol. The van der Waals surface area contributed by atoms with Crippen LogP contribution < -0.4 is 15.4 Å². The maximum atomic E-state index is 12.2. The molecule has 0 saturated heterocycles. The highest BCUT2D eigenvalue weighted by atomic mass is 32.2. The number of rotatable bonds is 5. The van der Waals surface area contributed by atoms with Crippen LogP contribution >= 0.6 is 0 Å². The summed E-state index contributed by atoms with van der Waals surface area (Å²) in [6.45, 7) is 1.80. The Morgan fingerprint density at radius 3 is 2.71 bits per heavy atom. The van der Waals surface area contributed by atoms with Crippen LogP contribution in [0.25, 0.3) is 0 Å². The van der Waals surface area contributed by atoms with Gasteiger partial charge in [0.1, 0.15) is 0 Å². The molecule has 2 aliphatic rings. The van der Waals surface area contributed by atoms with E-state index in [9.17, 15) is 13.2 Å². The zero-order valence-electron chi connectivity index (χ0n) is 13.8. The molecule has 24 heavy (non-hydrogen) atoms. The van der Waals surface area contributed by atoms with Crippen molar-refractivity contribution < 1.29 is 13.2 Å². The molecule has 1 heterocycles. The Kier molecular flexibility index (Phi) is 5.10. The Bertz CT molecular complexity index is 712. The van der Waals surface area contributed by atoms with Crippen molar-refractivity contribution in [2.75, 3.05) is 24.5 Å². The van der Waals surface area contributed by atoms with E-state index >= 15 is 0 Å². The number of sulfonamides is 1. The van der Waals surface area contributed by atoms with Crippen LogP contribution in [0.5, 0.6) is 0 Å². The standard InChI is InChI=1S/C17H25N3O3S/c18-24(22,23)15-6-7-16-14(10-15)8-9-20(16)12-17(21)19-11-13-4-2-1-3-5-13/h6-7,10,13H,1-5,8-9,11-12H2,(H,19,21)(H2,18,22,23). The average molecular weight is 351 g/mol. The number of hydrogen-bond donors (Lipinski definition) is 2. The first kappa shape index (κ1) is 17.2. The van der Waals surface area contributed by atoms with Gasteiger partial charge in [0.2, 0.25) is 15.9 Å². The van der Waals surface area contributed by atoms with E-state index in [0.29, 0.717) is 12.5 Å². The molecule has 3 N–H and O–H groups in total. The maximum absolute atomic E-state index is 12.2. The minimum Gasteiger partial charge on any atom is -0.362 e. The fourth-order valence-corrected chi connectivity index (χ4v) is 4.23. The van der Waals surface area contributed by atoms with E-state index in [1.165, 1.54) is 38.2 Å². The summed E-state index contributed by atoms with van der Waals surface area (Å²) in [5, 5.41) is 8.22. The summed E-state index contributed by atoms with van der Waals surface area (Å²) in [7, 11) is -3.68. The molecule has 7 heteroatoms. The number of anilines is 1. The normalized spacial score (nSPS) is 18.5. The maximum Gasteiger partial charge on any atom is 0.239 e. The van der Waals surface area contributed by atoms with E-state index in [1.807, 2.05) is 4.90 Å². The number of hydrogen-bond acceptors (Lipinski definition) is 4. The molecule has 1 aromatic rings. The van der Waals surface area contributed by atoms with Gasteiger partial charge in [0.15, 0.2) is 0 Å². The molecular weight excluding hydrogens is 326 g/mol. The minimum absolute atomic E-state index is 0.0314. The summed E-state index contributed by atoms with van der Waals surface area (Å²) in [6.07, 6.45) is 7.01. The lowest BCUT2D eigenvalue weighted by molar-refractivity contribution is -0.120. The monoisotopic (exact) mass is 351 g/mol. The third kappa shape index (κ3) is 4.08. The lowest BCUT2D eigenvalue weighted by Crippen LogP contribution is -2.38. The van der Waals surface area contributed by atoms with Crippen molar-refractivity contribution in [3.8, 4) is 0 Å². The molecule has 0 spiro atoms. The third-order valence-corrected chi connectivity index (χ3v) is 5.93. The Balaban J connectivity index is 1.57. The van der Waals surface area contributed by atoms with E-state index in [0.717, 1.165) is 30.8 Å². The van der Waals surface area contributed by atoms with Gasteiger partial charge in [0.05, 0.1) is 11.4 Å². The molecule has 1 aromatic carbocycles. The SMILES string of the molecule is NS(=O)(=O)c1ccc2c(c1)CCN2CC(=O)NCC1CCCCC1. The molecule has 0 atom stereocenters. The number of primary sulfonamides is 1. The molecular formula is C17H25N3O3S. The fourth-order valence-electron chi connectivity index (χ4n) is 3.67. The van der Waals surface area contributed by atoms with Gasteiger partial charge in [-0.25, -0.2) is 13.6 Å². The van der Waals surface area contributed by atoms with E-state index in [1.54, 1.807) is 12.1 Å². The molecule has 1 amide bonds. The van der Waals surface area contributed by atoms with Gasteiger partial charge in [-0.15, -0.1) is 0 Å². The Morgan fingerprint density at radius 1 is 1.25 bits per heavy atom. The van der Waals surface area contributed by atoms with E-state index in [2.05, 4.69) is 5.32 Å². The highest BCUT2D eigenvalue weighted by molar-refractivity contribution is 7.89. The number of nitrogens with two attached hydrogens (primary N) is 1. The van der Waals surface area contributed by atoms with Crippen LogP contribution in [-0.4, -0.2) is 34.0 Å². The summed E-state index contributed by atoms with van der Waals surface area (Å²) < 4.78 is 22.9. The van der Waals surface area contributed by atoms with Crippen LogP contribution in [0.3, 0.4) is 0 Å². The van der Waals surface area contributed by atoms with Crippen molar-refractivity contribution >= 4 is 21.6 Å². The lowest BCUT2D eigenvalue weighted by Gasteiger charge is -2.23. The van der Waals surface area contributed by atoms with Gasteiger partial charge in [-0.3, -0.25) is 4.79 Å². The number of nitrogens with zero attached hydrogens (tertiary/aromatic N) is 1. The topological polar surface area (TPSA) is 92.5 Å². The summed E-state index contributed by atoms with van der Waals surface area (Å²) in [5.74, 6) is 0.648. The lowest BCUT2D eigenvalue weighted by atomic mass is 9.89. The average Bonchev–Trinajstić information content (AvgIpc) is 2.95. The van der Waals surface area contributed by atoms with Crippen molar-refractivity contribution in [1.82, 2.24) is 5.32 Å². The fraction of sp³-hybridized carbons (Fsp3) is 0.588. The van der Waals surface area contributed by atoms with Crippen molar-refractivity contribution in [2.45, 2.75) is 43.4 Å². The van der Waals surface area contributed by atoms with Crippen LogP contribution in [-0.2, 0) is 21.2 Å². The van der Waals surface area contributed by atoms with E-state index in [4.69, 9.17) is 5.14 Å². The molecule has 3 rings (SSSR count). The van der Waals surface area contributed by atoms with Gasteiger partial charge < -0.3 is 10.2 Å². The Morgan fingerprint density at radius 2 is 2.00 bits per heavy atom. The zero-order valence-corrected chi connectivity index (χ0v) is 14.6. The molecule has 1 aliphatic carbocycles. The molecule has 1 saturated carbocycles. The molecule has 132 valence electrons. The van der Waals surface area contributed by atoms with Crippen molar-refractivity contribution in [1.29, 1.82) is 0 Å². The van der Waals surface area contributed by atoms with E-state index < -0.39 is 10.0 Å². The molecule has 0 bridgehead atoms. The first-order valence-electron chi connectivity index (χ1n) is 8.61. The largest absolute Gasteiger partial charge is 0.362 e. The van der Waals surface area contributed by atoms with Gasteiger partial charge in [-0.1, -0.05) is 19.3 Å². The second-order valence-electron chi connectivity index (χ2n) is 6.82. The van der Waals surface area contributed by atoms with Gasteiger partial charge in [0, 0.05) is 18.8 Å². The first-order chi connectivity index (χ1) is 11.4. The second kappa shape index (κ2) is 7.11. The molecule has 0 unspecified atom stereocenters. The Hall–Kier alpha value is -1.60. The van der Waals surface area contributed by atoms with E-state index in [-0.39, 0.29) is 10.8 Å². The first-order valence-corrected chi connectivity index (χ1v) is 10.2. The minimum atomic E-state index is -3.68. The number of benzene rings is 1. The van der Waals surface area contributed by atoms with Crippen molar-refractivity contribution in [3.63, 3.8) is 0 Å². The van der Waals surface area contributed by atoms with Gasteiger partial charge in [-0.05, 0) is 48.9 Å². The molecule has 6 nitrogen and oxygen atoms in total. The van der Waals surface area contributed by atoms with Crippen molar-refractivity contribution in [3.05, 3.63) is 23.8 Å². The summed E-state index contributed by atoms with van der Waals surface area (Å²) >= 11 is 0. The second-order valence-corrected chi connectivity index (χ2v) is 8.38. The van der Waals surface area contributed by atoms with Crippen LogP contribution in [0, 0.1) is 5.92 Å².